The first-order valence-electron chi connectivity index (χ1n) is 7.52. The summed E-state index contributed by atoms with van der Waals surface area (Å²) in [4.78, 5) is 37.1. The predicted octanol–water partition coefficient (Wildman–Crippen LogP) is 2.32. The van der Waals surface area contributed by atoms with Crippen molar-refractivity contribution in [3.63, 3.8) is 0 Å². The molecule has 2 N–H and O–H groups in total. The number of ether oxygens (including phenoxy) is 2. The number of likely N-dealkylation sites (tertiary alicyclic amines) is 1. The molecule has 0 aromatic carbocycles. The minimum absolute atomic E-state index is 0.0841. The summed E-state index contributed by atoms with van der Waals surface area (Å²) in [5.41, 5.74) is -3.40. The standard InChI is InChI=1S/C15H26N2O6/c1-13(2,3)22-11(20)16-15(10(18)19)8-7-9-17(15)12(21)23-14(4,5)6/h7-9H2,1-6H3,(H,16,20)(H,18,19)/t15-/m1/s1. The Morgan fingerprint density at radius 3 is 2.00 bits per heavy atom. The van der Waals surface area contributed by atoms with Gasteiger partial charge in [-0.2, -0.15) is 0 Å². The number of carbonyl (C=O) groups is 3. The maximum absolute atomic E-state index is 12.3. The maximum atomic E-state index is 12.3. The molecule has 1 fully saturated rings. The van der Waals surface area contributed by atoms with Crippen molar-refractivity contribution in [1.29, 1.82) is 0 Å². The SMILES string of the molecule is CC(C)(C)OC(=O)N[C@]1(C(=O)O)CCCN1C(=O)OC(C)(C)C. The van der Waals surface area contributed by atoms with E-state index in [0.717, 1.165) is 4.90 Å². The largest absolute Gasteiger partial charge is 0.478 e. The number of carbonyl (C=O) groups excluding carboxylic acids is 2. The summed E-state index contributed by atoms with van der Waals surface area (Å²) in [5.74, 6) is -1.33. The first-order chi connectivity index (χ1) is 10.3. The molecule has 1 saturated heterocycles. The highest BCUT2D eigenvalue weighted by Gasteiger charge is 2.53. The van der Waals surface area contributed by atoms with E-state index < -0.39 is 35.0 Å². The molecule has 23 heavy (non-hydrogen) atoms. The van der Waals surface area contributed by atoms with Crippen LogP contribution in [0.3, 0.4) is 0 Å². The van der Waals surface area contributed by atoms with Crippen LogP contribution in [-0.4, -0.2) is 51.6 Å². The Morgan fingerprint density at radius 1 is 1.04 bits per heavy atom. The Morgan fingerprint density at radius 2 is 1.57 bits per heavy atom. The van der Waals surface area contributed by atoms with Crippen molar-refractivity contribution in [3.05, 3.63) is 0 Å². The molecular formula is C15H26N2O6. The molecule has 2 amide bonds. The average Bonchev–Trinajstić information content (AvgIpc) is 2.68. The summed E-state index contributed by atoms with van der Waals surface area (Å²) < 4.78 is 10.4. The smallest absolute Gasteiger partial charge is 0.412 e. The van der Waals surface area contributed by atoms with Crippen molar-refractivity contribution in [2.24, 2.45) is 0 Å². The number of rotatable bonds is 2. The molecule has 0 radical (unpaired) electrons. The number of hydrogen-bond acceptors (Lipinski definition) is 5. The number of aliphatic carboxylic acids is 1. The van der Waals surface area contributed by atoms with E-state index in [0.29, 0.717) is 6.42 Å². The van der Waals surface area contributed by atoms with Crippen LogP contribution in [0.15, 0.2) is 0 Å². The van der Waals surface area contributed by atoms with Crippen LogP contribution in [0.1, 0.15) is 54.4 Å². The summed E-state index contributed by atoms with van der Waals surface area (Å²) in [6, 6.07) is 0. The van der Waals surface area contributed by atoms with Crippen LogP contribution in [0.25, 0.3) is 0 Å². The van der Waals surface area contributed by atoms with E-state index in [-0.39, 0.29) is 13.0 Å². The van der Waals surface area contributed by atoms with Gasteiger partial charge in [-0.3, -0.25) is 10.2 Å². The van der Waals surface area contributed by atoms with Crippen molar-refractivity contribution in [3.8, 4) is 0 Å². The summed E-state index contributed by atoms with van der Waals surface area (Å²) >= 11 is 0. The molecule has 0 spiro atoms. The quantitative estimate of drug-likeness (QED) is 0.805. The van der Waals surface area contributed by atoms with Gasteiger partial charge in [0.05, 0.1) is 0 Å². The Kier molecular flexibility index (Phi) is 5.18. The lowest BCUT2D eigenvalue weighted by molar-refractivity contribution is -0.151. The van der Waals surface area contributed by atoms with Crippen LogP contribution in [0, 0.1) is 0 Å². The van der Waals surface area contributed by atoms with E-state index in [9.17, 15) is 19.5 Å². The number of carboxylic acids is 1. The first kappa shape index (κ1) is 19.1. The van der Waals surface area contributed by atoms with Gasteiger partial charge in [0.2, 0.25) is 5.66 Å². The molecule has 0 aromatic heterocycles. The molecule has 0 aromatic rings. The summed E-state index contributed by atoms with van der Waals surface area (Å²) in [6.07, 6.45) is -1.16. The number of alkyl carbamates (subject to hydrolysis) is 1. The molecule has 132 valence electrons. The minimum Gasteiger partial charge on any atom is -0.478 e. The van der Waals surface area contributed by atoms with Gasteiger partial charge < -0.3 is 14.6 Å². The normalized spacial score (nSPS) is 21.7. The van der Waals surface area contributed by atoms with Crippen LogP contribution in [-0.2, 0) is 14.3 Å². The zero-order valence-corrected chi connectivity index (χ0v) is 14.6. The molecule has 0 unspecified atom stereocenters. The summed E-state index contributed by atoms with van der Waals surface area (Å²) in [5, 5.41) is 11.9. The second-order valence-corrected chi connectivity index (χ2v) is 7.53. The van der Waals surface area contributed by atoms with Gasteiger partial charge in [-0.15, -0.1) is 0 Å². The highest BCUT2D eigenvalue weighted by molar-refractivity contribution is 5.88. The molecule has 8 heteroatoms. The zero-order chi connectivity index (χ0) is 18.1. The van der Waals surface area contributed by atoms with E-state index in [1.165, 1.54) is 0 Å². The van der Waals surface area contributed by atoms with E-state index in [2.05, 4.69) is 5.32 Å². The third-order valence-corrected chi connectivity index (χ3v) is 3.06. The highest BCUT2D eigenvalue weighted by Crippen LogP contribution is 2.29. The Labute approximate surface area is 136 Å². The second kappa shape index (κ2) is 6.25. The average molecular weight is 330 g/mol. The zero-order valence-electron chi connectivity index (χ0n) is 14.6. The predicted molar refractivity (Wildman–Crippen MR) is 81.9 cm³/mol. The highest BCUT2D eigenvalue weighted by atomic mass is 16.6. The van der Waals surface area contributed by atoms with Gasteiger partial charge in [0.25, 0.3) is 0 Å². The topological polar surface area (TPSA) is 105 Å². The monoisotopic (exact) mass is 330 g/mol. The van der Waals surface area contributed by atoms with Gasteiger partial charge >= 0.3 is 18.2 Å². The number of nitrogens with one attached hydrogen (secondary N) is 1. The van der Waals surface area contributed by atoms with E-state index in [1.54, 1.807) is 41.5 Å². The lowest BCUT2D eigenvalue weighted by atomic mass is 10.1. The maximum Gasteiger partial charge on any atom is 0.412 e. The fraction of sp³-hybridized carbons (Fsp3) is 0.800. The molecular weight excluding hydrogens is 304 g/mol. The van der Waals surface area contributed by atoms with Crippen LogP contribution >= 0.6 is 0 Å². The second-order valence-electron chi connectivity index (χ2n) is 7.53. The molecule has 0 saturated carbocycles. The number of hydrogen-bond donors (Lipinski definition) is 2. The first-order valence-corrected chi connectivity index (χ1v) is 7.52. The lowest BCUT2D eigenvalue weighted by Gasteiger charge is -2.36. The van der Waals surface area contributed by atoms with Crippen molar-refractivity contribution in [2.75, 3.05) is 6.54 Å². The third kappa shape index (κ3) is 5.01. The van der Waals surface area contributed by atoms with Crippen LogP contribution in [0.4, 0.5) is 9.59 Å². The molecule has 0 aliphatic carbocycles. The van der Waals surface area contributed by atoms with Crippen molar-refractivity contribution in [1.82, 2.24) is 10.2 Å². The van der Waals surface area contributed by atoms with Gasteiger partial charge in [0.15, 0.2) is 0 Å². The van der Waals surface area contributed by atoms with Crippen molar-refractivity contribution in [2.45, 2.75) is 71.2 Å². The molecule has 8 nitrogen and oxygen atoms in total. The third-order valence-electron chi connectivity index (χ3n) is 3.06. The van der Waals surface area contributed by atoms with Gasteiger partial charge in [-0.1, -0.05) is 0 Å². The minimum atomic E-state index is -1.86. The molecule has 1 heterocycles. The van der Waals surface area contributed by atoms with Gasteiger partial charge in [-0.05, 0) is 48.0 Å². The van der Waals surface area contributed by atoms with E-state index in [1.807, 2.05) is 0 Å². The van der Waals surface area contributed by atoms with E-state index in [4.69, 9.17) is 9.47 Å². The molecule has 1 aliphatic rings. The Balaban J connectivity index is 3.00. The van der Waals surface area contributed by atoms with Crippen molar-refractivity contribution < 1.29 is 29.0 Å². The van der Waals surface area contributed by atoms with Crippen LogP contribution in [0.5, 0.6) is 0 Å². The van der Waals surface area contributed by atoms with Gasteiger partial charge in [-0.25, -0.2) is 14.4 Å². The Hall–Kier alpha value is -1.99. The summed E-state index contributed by atoms with van der Waals surface area (Å²) in [6.45, 7) is 10.2. The number of nitrogens with zero attached hydrogens (tertiary/aromatic N) is 1. The number of carboxylic acid groups (broad SMARTS) is 1. The van der Waals surface area contributed by atoms with Crippen molar-refractivity contribution >= 4 is 18.2 Å². The molecule has 1 atom stereocenters. The van der Waals surface area contributed by atoms with E-state index >= 15 is 0 Å². The number of amides is 2. The van der Waals surface area contributed by atoms with Gasteiger partial charge in [0.1, 0.15) is 11.2 Å². The van der Waals surface area contributed by atoms with Gasteiger partial charge in [0, 0.05) is 13.0 Å². The molecule has 0 bridgehead atoms. The summed E-state index contributed by atoms with van der Waals surface area (Å²) in [7, 11) is 0. The van der Waals surface area contributed by atoms with Crippen LogP contribution < -0.4 is 5.32 Å². The Bertz CT molecular complexity index is 491. The molecule has 1 rings (SSSR count). The fourth-order valence-corrected chi connectivity index (χ4v) is 2.26. The lowest BCUT2D eigenvalue weighted by Crippen LogP contribution is -2.64. The fourth-order valence-electron chi connectivity index (χ4n) is 2.26. The van der Waals surface area contributed by atoms with Crippen LogP contribution in [0.2, 0.25) is 0 Å². The molecule has 1 aliphatic heterocycles.